The highest BCUT2D eigenvalue weighted by Crippen LogP contribution is 2.31. The van der Waals surface area contributed by atoms with Crippen molar-refractivity contribution in [2.75, 3.05) is 5.73 Å². The lowest BCUT2D eigenvalue weighted by molar-refractivity contribution is 0.0949. The molecule has 1 amide bonds. The Kier molecular flexibility index (Phi) is 6.59. The number of amides is 1. The zero-order valence-electron chi connectivity index (χ0n) is 21.0. The number of nitrogen functional groups attached to an aromatic ring is 1. The molecule has 0 bridgehead atoms. The number of ether oxygens (including phenoxy) is 1. The third-order valence-corrected chi connectivity index (χ3v) is 7.10. The number of nitrogens with two attached hydrogens (primary N) is 1. The summed E-state index contributed by atoms with van der Waals surface area (Å²) in [6, 6.07) is 13.6. The van der Waals surface area contributed by atoms with Crippen LogP contribution < -0.4 is 15.8 Å². The number of benzene rings is 1. The van der Waals surface area contributed by atoms with Gasteiger partial charge in [-0.05, 0) is 69.4 Å². The highest BCUT2D eigenvalue weighted by Gasteiger charge is 2.23. The van der Waals surface area contributed by atoms with Gasteiger partial charge in [-0.3, -0.25) is 9.78 Å². The van der Waals surface area contributed by atoms with Gasteiger partial charge in [0.2, 0.25) is 5.95 Å². The van der Waals surface area contributed by atoms with Crippen molar-refractivity contribution in [2.24, 2.45) is 5.92 Å². The van der Waals surface area contributed by atoms with E-state index < -0.39 is 0 Å². The van der Waals surface area contributed by atoms with Crippen molar-refractivity contribution in [3.63, 3.8) is 0 Å². The summed E-state index contributed by atoms with van der Waals surface area (Å²) in [5.41, 5.74) is 11.1. The van der Waals surface area contributed by atoms with Crippen LogP contribution in [0.25, 0.3) is 16.8 Å². The molecular formula is C28H32N6O2. The summed E-state index contributed by atoms with van der Waals surface area (Å²) in [5.74, 6) is 1.47. The van der Waals surface area contributed by atoms with E-state index in [1.54, 1.807) is 10.7 Å². The molecule has 1 saturated carbocycles. The van der Waals surface area contributed by atoms with Crippen LogP contribution in [-0.2, 0) is 6.54 Å². The SMILES string of the molecule is Cc1nc(C)c(-c2ccn3nc(N)nc3c2)cc1C(=O)NCc1ccccc1OC(C)C1CCCC1. The number of carbonyl (C=O) groups is 1. The van der Waals surface area contributed by atoms with Gasteiger partial charge in [-0.1, -0.05) is 31.0 Å². The topological polar surface area (TPSA) is 107 Å². The Labute approximate surface area is 210 Å². The fourth-order valence-electron chi connectivity index (χ4n) is 5.07. The zero-order chi connectivity index (χ0) is 25.2. The highest BCUT2D eigenvalue weighted by atomic mass is 16.5. The second-order valence-electron chi connectivity index (χ2n) is 9.60. The van der Waals surface area contributed by atoms with Crippen LogP contribution in [0.15, 0.2) is 48.7 Å². The maximum atomic E-state index is 13.3. The largest absolute Gasteiger partial charge is 0.490 e. The molecule has 36 heavy (non-hydrogen) atoms. The Morgan fingerprint density at radius 3 is 2.72 bits per heavy atom. The summed E-state index contributed by atoms with van der Waals surface area (Å²) >= 11 is 0. The number of nitrogens with zero attached hydrogens (tertiary/aromatic N) is 4. The molecule has 0 saturated heterocycles. The van der Waals surface area contributed by atoms with E-state index in [9.17, 15) is 4.79 Å². The fourth-order valence-corrected chi connectivity index (χ4v) is 5.07. The maximum absolute atomic E-state index is 13.3. The maximum Gasteiger partial charge on any atom is 0.253 e. The van der Waals surface area contributed by atoms with Crippen molar-refractivity contribution in [2.45, 2.75) is 59.1 Å². The Hall–Kier alpha value is -3.94. The van der Waals surface area contributed by atoms with Gasteiger partial charge >= 0.3 is 0 Å². The lowest BCUT2D eigenvalue weighted by atomic mass is 10.0. The second-order valence-corrected chi connectivity index (χ2v) is 9.60. The summed E-state index contributed by atoms with van der Waals surface area (Å²) in [6.45, 7) is 6.32. The van der Waals surface area contributed by atoms with Gasteiger partial charge in [0.15, 0.2) is 5.65 Å². The molecule has 0 radical (unpaired) electrons. The molecule has 8 heteroatoms. The first-order valence-corrected chi connectivity index (χ1v) is 12.5. The van der Waals surface area contributed by atoms with Gasteiger partial charge in [-0.2, -0.15) is 4.98 Å². The van der Waals surface area contributed by atoms with Gasteiger partial charge in [0.05, 0.1) is 17.4 Å². The zero-order valence-corrected chi connectivity index (χ0v) is 21.0. The Morgan fingerprint density at radius 2 is 1.92 bits per heavy atom. The summed E-state index contributed by atoms with van der Waals surface area (Å²) in [6.07, 6.45) is 6.97. The summed E-state index contributed by atoms with van der Waals surface area (Å²) in [5, 5.41) is 7.19. The van der Waals surface area contributed by atoms with E-state index in [4.69, 9.17) is 10.5 Å². The molecule has 3 N–H and O–H groups in total. The molecule has 0 aliphatic heterocycles. The molecule has 1 unspecified atom stereocenters. The predicted octanol–water partition coefficient (Wildman–Crippen LogP) is 4.88. The number of fused-ring (bicyclic) bond motifs is 1. The number of aromatic nitrogens is 4. The van der Waals surface area contributed by atoms with Crippen LogP contribution in [0.4, 0.5) is 5.95 Å². The molecule has 5 rings (SSSR count). The van der Waals surface area contributed by atoms with Crippen molar-refractivity contribution >= 4 is 17.5 Å². The number of para-hydroxylation sites is 1. The molecule has 3 heterocycles. The summed E-state index contributed by atoms with van der Waals surface area (Å²) in [4.78, 5) is 22.2. The number of hydrogen-bond donors (Lipinski definition) is 2. The van der Waals surface area contributed by atoms with E-state index in [1.165, 1.54) is 25.7 Å². The molecule has 8 nitrogen and oxygen atoms in total. The van der Waals surface area contributed by atoms with E-state index in [-0.39, 0.29) is 18.0 Å². The average Bonchev–Trinajstić information content (AvgIpc) is 3.52. The van der Waals surface area contributed by atoms with Crippen molar-refractivity contribution in [3.8, 4) is 16.9 Å². The molecular weight excluding hydrogens is 452 g/mol. The van der Waals surface area contributed by atoms with Crippen LogP contribution >= 0.6 is 0 Å². The van der Waals surface area contributed by atoms with Crippen LogP contribution in [0.1, 0.15) is 59.9 Å². The number of anilines is 1. The number of hydrogen-bond acceptors (Lipinski definition) is 6. The van der Waals surface area contributed by atoms with Gasteiger partial charge in [-0.25, -0.2) is 4.52 Å². The van der Waals surface area contributed by atoms with E-state index in [1.807, 2.05) is 56.3 Å². The van der Waals surface area contributed by atoms with E-state index in [0.717, 1.165) is 28.1 Å². The molecule has 186 valence electrons. The van der Waals surface area contributed by atoms with Gasteiger partial charge < -0.3 is 15.8 Å². The van der Waals surface area contributed by atoms with Crippen molar-refractivity contribution < 1.29 is 9.53 Å². The molecule has 1 aromatic carbocycles. The lowest BCUT2D eigenvalue weighted by Gasteiger charge is -2.22. The molecule has 1 aliphatic rings. The van der Waals surface area contributed by atoms with Crippen LogP contribution in [0, 0.1) is 19.8 Å². The van der Waals surface area contributed by atoms with E-state index in [0.29, 0.717) is 29.4 Å². The number of carbonyl (C=O) groups excluding carboxylic acids is 1. The fraction of sp³-hybridized carbons (Fsp3) is 0.357. The van der Waals surface area contributed by atoms with Crippen LogP contribution in [0.5, 0.6) is 5.75 Å². The molecule has 1 aliphatic carbocycles. The van der Waals surface area contributed by atoms with Crippen molar-refractivity contribution in [3.05, 3.63) is 71.2 Å². The van der Waals surface area contributed by atoms with Crippen molar-refractivity contribution in [1.82, 2.24) is 24.9 Å². The summed E-state index contributed by atoms with van der Waals surface area (Å²) in [7, 11) is 0. The third-order valence-electron chi connectivity index (χ3n) is 7.10. The molecule has 1 fully saturated rings. The molecule has 4 aromatic rings. The first-order valence-electron chi connectivity index (χ1n) is 12.5. The van der Waals surface area contributed by atoms with Gasteiger partial charge in [0, 0.05) is 29.6 Å². The first kappa shape index (κ1) is 23.8. The second kappa shape index (κ2) is 9.97. The van der Waals surface area contributed by atoms with Gasteiger partial charge in [0.1, 0.15) is 5.75 Å². The standard InChI is InChI=1S/C28H32N6O2/c1-17-23(21-12-13-34-26(14-21)32-28(29)33-34)15-24(18(2)31-17)27(35)30-16-22-10-6-7-11-25(22)36-19(3)20-8-4-5-9-20/h6-7,10-15,19-20H,4-5,8-9,16H2,1-3H3,(H2,29,33)(H,30,35). The van der Waals surface area contributed by atoms with Crippen molar-refractivity contribution in [1.29, 1.82) is 0 Å². The first-order chi connectivity index (χ1) is 17.4. The predicted molar refractivity (Wildman–Crippen MR) is 140 cm³/mol. The highest BCUT2D eigenvalue weighted by molar-refractivity contribution is 5.96. The molecule has 3 aromatic heterocycles. The normalized spacial score (nSPS) is 14.8. The lowest BCUT2D eigenvalue weighted by Crippen LogP contribution is -2.26. The molecule has 0 spiro atoms. The number of aryl methyl sites for hydroxylation is 2. The Morgan fingerprint density at radius 1 is 1.14 bits per heavy atom. The minimum Gasteiger partial charge on any atom is -0.490 e. The van der Waals surface area contributed by atoms with Crippen LogP contribution in [0.3, 0.4) is 0 Å². The Balaban J connectivity index is 1.34. The third kappa shape index (κ3) is 4.89. The van der Waals surface area contributed by atoms with Crippen LogP contribution in [-0.4, -0.2) is 31.6 Å². The Bertz CT molecular complexity index is 1410. The smallest absolute Gasteiger partial charge is 0.253 e. The number of pyridine rings is 2. The van der Waals surface area contributed by atoms with E-state index >= 15 is 0 Å². The monoisotopic (exact) mass is 484 g/mol. The summed E-state index contributed by atoms with van der Waals surface area (Å²) < 4.78 is 7.96. The van der Waals surface area contributed by atoms with E-state index in [2.05, 4.69) is 27.3 Å². The number of rotatable bonds is 7. The van der Waals surface area contributed by atoms with Crippen LogP contribution in [0.2, 0.25) is 0 Å². The van der Waals surface area contributed by atoms with Gasteiger partial charge in [-0.15, -0.1) is 5.10 Å². The quantitative estimate of drug-likeness (QED) is 0.387. The minimum absolute atomic E-state index is 0.161. The average molecular weight is 485 g/mol. The molecule has 1 atom stereocenters. The number of nitrogens with one attached hydrogen (secondary N) is 1. The van der Waals surface area contributed by atoms with Gasteiger partial charge in [0.25, 0.3) is 5.91 Å². The minimum atomic E-state index is -0.173.